The maximum atomic E-state index is 12.3. The molecule has 0 radical (unpaired) electrons. The van der Waals surface area contributed by atoms with Crippen LogP contribution in [-0.2, 0) is 11.3 Å². The Kier molecular flexibility index (Phi) is 3.76. The molecule has 1 heterocycles. The number of aromatic nitrogens is 3. The van der Waals surface area contributed by atoms with Gasteiger partial charge in [0.15, 0.2) is 0 Å². The molecule has 2 saturated carbocycles. The Morgan fingerprint density at radius 1 is 1.40 bits per heavy atom. The first-order valence-electron chi connectivity index (χ1n) is 7.76. The third kappa shape index (κ3) is 2.72. The number of nitrogens with zero attached hydrogens (tertiary/aromatic N) is 3. The van der Waals surface area contributed by atoms with E-state index in [1.165, 1.54) is 32.0 Å². The molecule has 20 heavy (non-hydrogen) atoms. The van der Waals surface area contributed by atoms with Gasteiger partial charge >= 0.3 is 0 Å². The highest BCUT2D eigenvalue weighted by atomic mass is 16.1. The zero-order valence-electron chi connectivity index (χ0n) is 12.3. The van der Waals surface area contributed by atoms with Crippen LogP contribution in [0.2, 0.25) is 0 Å². The second-order valence-corrected chi connectivity index (χ2v) is 6.65. The van der Waals surface area contributed by atoms with E-state index in [-0.39, 0.29) is 11.8 Å². The summed E-state index contributed by atoms with van der Waals surface area (Å²) in [5.41, 5.74) is 0. The lowest BCUT2D eigenvalue weighted by atomic mass is 9.84. The highest BCUT2D eigenvalue weighted by molar-refractivity contribution is 5.78. The highest BCUT2D eigenvalue weighted by Crippen LogP contribution is 2.49. The van der Waals surface area contributed by atoms with Gasteiger partial charge in [0.2, 0.25) is 5.91 Å². The van der Waals surface area contributed by atoms with E-state index in [0.717, 1.165) is 11.8 Å². The minimum absolute atomic E-state index is 0.0715. The van der Waals surface area contributed by atoms with Crippen LogP contribution < -0.4 is 5.32 Å². The van der Waals surface area contributed by atoms with E-state index in [9.17, 15) is 4.79 Å². The number of hydrogen-bond acceptors (Lipinski definition) is 3. The molecule has 0 saturated heterocycles. The topological polar surface area (TPSA) is 59.8 Å². The van der Waals surface area contributed by atoms with E-state index in [4.69, 9.17) is 0 Å². The average molecular weight is 276 g/mol. The van der Waals surface area contributed by atoms with Gasteiger partial charge in [-0.3, -0.25) is 9.48 Å². The minimum Gasteiger partial charge on any atom is -0.353 e. The molecule has 0 spiro atoms. The van der Waals surface area contributed by atoms with Gasteiger partial charge in [0.05, 0.1) is 12.5 Å². The molecular formula is C15H24N4O. The molecule has 1 aromatic rings. The van der Waals surface area contributed by atoms with Crippen molar-refractivity contribution in [2.75, 3.05) is 0 Å². The first-order valence-corrected chi connectivity index (χ1v) is 7.76. The monoisotopic (exact) mass is 276 g/mol. The Bertz CT molecular complexity index is 458. The quantitative estimate of drug-likeness (QED) is 0.893. The van der Waals surface area contributed by atoms with Crippen LogP contribution in [0.25, 0.3) is 0 Å². The van der Waals surface area contributed by atoms with Gasteiger partial charge in [0.25, 0.3) is 0 Å². The van der Waals surface area contributed by atoms with Gasteiger partial charge in [0.1, 0.15) is 12.7 Å². The van der Waals surface area contributed by atoms with E-state index in [2.05, 4.69) is 22.3 Å². The van der Waals surface area contributed by atoms with Crippen molar-refractivity contribution < 1.29 is 4.79 Å². The highest BCUT2D eigenvalue weighted by Gasteiger charge is 2.42. The molecule has 5 nitrogen and oxygen atoms in total. The summed E-state index contributed by atoms with van der Waals surface area (Å²) in [4.78, 5) is 16.2. The summed E-state index contributed by atoms with van der Waals surface area (Å²) in [6, 6.07) is 0.302. The number of carbonyl (C=O) groups excluding carboxylic acids is 1. The maximum Gasteiger partial charge on any atom is 0.224 e. The van der Waals surface area contributed by atoms with Gasteiger partial charge in [-0.25, -0.2) is 4.98 Å². The summed E-state index contributed by atoms with van der Waals surface area (Å²) in [6.45, 7) is 4.71. The lowest BCUT2D eigenvalue weighted by Crippen LogP contribution is -2.43. The Morgan fingerprint density at radius 2 is 2.25 bits per heavy atom. The third-order valence-corrected chi connectivity index (χ3v) is 5.18. The van der Waals surface area contributed by atoms with E-state index in [0.29, 0.717) is 18.5 Å². The summed E-state index contributed by atoms with van der Waals surface area (Å²) in [6.07, 6.45) is 8.63. The van der Waals surface area contributed by atoms with E-state index in [1.807, 2.05) is 6.92 Å². The molecular weight excluding hydrogens is 252 g/mol. The molecule has 2 bridgehead atoms. The second-order valence-electron chi connectivity index (χ2n) is 6.65. The molecule has 1 N–H and O–H groups in total. The first-order chi connectivity index (χ1) is 9.63. The number of nitrogens with one attached hydrogen (secondary N) is 1. The van der Waals surface area contributed by atoms with Crippen LogP contribution in [0, 0.1) is 23.7 Å². The fraction of sp³-hybridized carbons (Fsp3) is 0.800. The van der Waals surface area contributed by atoms with Crippen LogP contribution in [0.3, 0.4) is 0 Å². The predicted octanol–water partition coefficient (Wildman–Crippen LogP) is 1.86. The van der Waals surface area contributed by atoms with Crippen molar-refractivity contribution in [3.8, 4) is 0 Å². The predicted molar refractivity (Wildman–Crippen MR) is 75.7 cm³/mol. The van der Waals surface area contributed by atoms with Crippen LogP contribution in [0.1, 0.15) is 39.5 Å². The van der Waals surface area contributed by atoms with Gasteiger partial charge in [-0.1, -0.05) is 13.3 Å². The van der Waals surface area contributed by atoms with Crippen molar-refractivity contribution in [1.29, 1.82) is 0 Å². The third-order valence-electron chi connectivity index (χ3n) is 5.18. The maximum absolute atomic E-state index is 12.3. The fourth-order valence-corrected chi connectivity index (χ4v) is 4.07. The standard InChI is InChI=1S/C15H24N4O/c1-10(7-19-9-16-8-17-19)15(20)18-11(2)14-6-12-3-4-13(14)5-12/h8-14H,3-7H2,1-2H3,(H,18,20)/t10-,11+,12+,13+,14-/m1/s1. The lowest BCUT2D eigenvalue weighted by molar-refractivity contribution is -0.126. The SMILES string of the molecule is C[C@H](Cn1cncn1)C(=O)N[C@@H](C)[C@H]1C[C@H]2CC[C@H]1C2. The van der Waals surface area contributed by atoms with Crippen molar-refractivity contribution in [3.63, 3.8) is 0 Å². The van der Waals surface area contributed by atoms with Crippen molar-refractivity contribution in [2.24, 2.45) is 23.7 Å². The Labute approximate surface area is 120 Å². The van der Waals surface area contributed by atoms with E-state index in [1.54, 1.807) is 11.0 Å². The van der Waals surface area contributed by atoms with Crippen molar-refractivity contribution in [3.05, 3.63) is 12.7 Å². The molecule has 2 aliphatic carbocycles. The normalized spacial score (nSPS) is 31.2. The van der Waals surface area contributed by atoms with Crippen LogP contribution in [-0.4, -0.2) is 26.7 Å². The van der Waals surface area contributed by atoms with Gasteiger partial charge in [0, 0.05) is 6.04 Å². The molecule has 5 heteroatoms. The van der Waals surface area contributed by atoms with Crippen LogP contribution >= 0.6 is 0 Å². The number of hydrogen-bond donors (Lipinski definition) is 1. The van der Waals surface area contributed by atoms with Crippen molar-refractivity contribution >= 4 is 5.91 Å². The van der Waals surface area contributed by atoms with Gasteiger partial charge in [-0.2, -0.15) is 5.10 Å². The van der Waals surface area contributed by atoms with Gasteiger partial charge in [-0.05, 0) is 43.9 Å². The largest absolute Gasteiger partial charge is 0.353 e. The molecule has 0 aromatic carbocycles. The summed E-state index contributed by atoms with van der Waals surface area (Å²) in [5.74, 6) is 2.53. The van der Waals surface area contributed by atoms with Crippen LogP contribution in [0.15, 0.2) is 12.7 Å². The molecule has 0 aliphatic heterocycles. The zero-order valence-corrected chi connectivity index (χ0v) is 12.3. The van der Waals surface area contributed by atoms with Crippen LogP contribution in [0.4, 0.5) is 0 Å². The molecule has 3 rings (SSSR count). The Hall–Kier alpha value is -1.39. The average Bonchev–Trinajstić information content (AvgIpc) is 3.15. The molecule has 110 valence electrons. The Balaban J connectivity index is 1.50. The van der Waals surface area contributed by atoms with Crippen LogP contribution in [0.5, 0.6) is 0 Å². The second kappa shape index (κ2) is 5.54. The molecule has 5 atom stereocenters. The van der Waals surface area contributed by atoms with Crippen molar-refractivity contribution in [1.82, 2.24) is 20.1 Å². The smallest absolute Gasteiger partial charge is 0.224 e. The van der Waals surface area contributed by atoms with Gasteiger partial charge < -0.3 is 5.32 Å². The number of carbonyl (C=O) groups is 1. The molecule has 0 unspecified atom stereocenters. The number of fused-ring (bicyclic) bond motifs is 2. The fourth-order valence-electron chi connectivity index (χ4n) is 4.07. The number of rotatable bonds is 5. The lowest BCUT2D eigenvalue weighted by Gasteiger charge is -2.29. The van der Waals surface area contributed by atoms with Crippen molar-refractivity contribution in [2.45, 2.75) is 52.1 Å². The Morgan fingerprint density at radius 3 is 2.85 bits per heavy atom. The van der Waals surface area contributed by atoms with E-state index < -0.39 is 0 Å². The summed E-state index contributed by atoms with van der Waals surface area (Å²) < 4.78 is 1.71. The molecule has 1 amide bonds. The van der Waals surface area contributed by atoms with Gasteiger partial charge in [-0.15, -0.1) is 0 Å². The molecule has 2 fully saturated rings. The molecule has 2 aliphatic rings. The minimum atomic E-state index is -0.0715. The summed E-state index contributed by atoms with van der Waals surface area (Å²) in [5, 5.41) is 7.27. The van der Waals surface area contributed by atoms with E-state index >= 15 is 0 Å². The first kappa shape index (κ1) is 13.6. The zero-order chi connectivity index (χ0) is 14.1. The summed E-state index contributed by atoms with van der Waals surface area (Å²) >= 11 is 0. The summed E-state index contributed by atoms with van der Waals surface area (Å²) in [7, 11) is 0. The number of amides is 1. The molecule has 1 aromatic heterocycles.